The van der Waals surface area contributed by atoms with Gasteiger partial charge in [-0.15, -0.1) is 5.10 Å². The minimum Gasteiger partial charge on any atom is -0.355 e. The van der Waals surface area contributed by atoms with E-state index in [1.165, 1.54) is 22.9 Å². The van der Waals surface area contributed by atoms with Crippen LogP contribution in [0.15, 0.2) is 59.4 Å². The number of nitrogens with zero attached hydrogens (tertiary/aromatic N) is 3. The van der Waals surface area contributed by atoms with Crippen LogP contribution in [0, 0.1) is 25.6 Å². The van der Waals surface area contributed by atoms with Crippen LogP contribution in [0.25, 0.3) is 5.69 Å². The van der Waals surface area contributed by atoms with E-state index in [1.807, 2.05) is 32.0 Å². The summed E-state index contributed by atoms with van der Waals surface area (Å²) in [6.07, 6.45) is 1.38. The normalized spacial score (nSPS) is 14.5. The molecule has 0 aliphatic carbocycles. The molecule has 1 saturated heterocycles. The van der Waals surface area contributed by atoms with Gasteiger partial charge >= 0.3 is 0 Å². The number of anilines is 2. The quantitative estimate of drug-likeness (QED) is 0.696. The van der Waals surface area contributed by atoms with E-state index >= 15 is 0 Å². The van der Waals surface area contributed by atoms with Crippen molar-refractivity contribution < 1.29 is 9.18 Å². The Labute approximate surface area is 180 Å². The lowest BCUT2D eigenvalue weighted by Gasteiger charge is -2.32. The van der Waals surface area contributed by atoms with Crippen LogP contribution in [0.4, 0.5) is 15.9 Å². The molecule has 2 heterocycles. The monoisotopic (exact) mass is 420 g/mol. The summed E-state index contributed by atoms with van der Waals surface area (Å²) in [5, 5.41) is 7.49. The highest BCUT2D eigenvalue weighted by Crippen LogP contribution is 2.24. The Morgan fingerprint density at radius 3 is 2.58 bits per heavy atom. The van der Waals surface area contributed by atoms with E-state index in [-0.39, 0.29) is 17.4 Å². The molecule has 1 amide bonds. The predicted octanol–water partition coefficient (Wildman–Crippen LogP) is 3.84. The standard InChI is InChI=1S/C24H25FN4O2/c1-16-6-7-17(2)21(14-16)26-24(31)18-10-12-28(13-11-18)22-8-9-23(30)29(27-22)20-5-3-4-19(25)15-20/h3-9,14-15,18H,10-13H2,1-2H3,(H,26,31). The van der Waals surface area contributed by atoms with Gasteiger partial charge in [-0.1, -0.05) is 18.2 Å². The summed E-state index contributed by atoms with van der Waals surface area (Å²) >= 11 is 0. The average Bonchev–Trinajstić information content (AvgIpc) is 2.77. The van der Waals surface area contributed by atoms with E-state index in [4.69, 9.17) is 0 Å². The zero-order chi connectivity index (χ0) is 22.0. The summed E-state index contributed by atoms with van der Waals surface area (Å²) in [7, 11) is 0. The Morgan fingerprint density at radius 1 is 1.06 bits per heavy atom. The largest absolute Gasteiger partial charge is 0.355 e. The lowest BCUT2D eigenvalue weighted by Crippen LogP contribution is -2.39. The van der Waals surface area contributed by atoms with Crippen molar-refractivity contribution in [2.75, 3.05) is 23.3 Å². The van der Waals surface area contributed by atoms with E-state index in [1.54, 1.807) is 18.2 Å². The van der Waals surface area contributed by atoms with Crippen molar-refractivity contribution in [3.63, 3.8) is 0 Å². The molecule has 7 heteroatoms. The number of carbonyl (C=O) groups excluding carboxylic acids is 1. The minimum absolute atomic E-state index is 0.0334. The molecule has 2 aromatic carbocycles. The van der Waals surface area contributed by atoms with Gasteiger partial charge in [0.25, 0.3) is 5.56 Å². The molecule has 1 N–H and O–H groups in total. The van der Waals surface area contributed by atoms with Gasteiger partial charge in [-0.2, -0.15) is 4.68 Å². The molecule has 0 radical (unpaired) electrons. The van der Waals surface area contributed by atoms with Crippen molar-refractivity contribution in [1.29, 1.82) is 0 Å². The Morgan fingerprint density at radius 2 is 1.84 bits per heavy atom. The molecule has 0 saturated carbocycles. The molecule has 0 atom stereocenters. The maximum atomic E-state index is 13.6. The summed E-state index contributed by atoms with van der Waals surface area (Å²) in [6, 6.07) is 14.9. The number of aromatic nitrogens is 2. The molecule has 0 unspecified atom stereocenters. The van der Waals surface area contributed by atoms with Gasteiger partial charge in [0.1, 0.15) is 11.6 Å². The molecule has 1 fully saturated rings. The van der Waals surface area contributed by atoms with Crippen LogP contribution in [0.5, 0.6) is 0 Å². The number of piperidine rings is 1. The maximum absolute atomic E-state index is 13.6. The van der Waals surface area contributed by atoms with Crippen LogP contribution in [0.3, 0.4) is 0 Å². The first-order valence-electron chi connectivity index (χ1n) is 10.4. The summed E-state index contributed by atoms with van der Waals surface area (Å²) in [5.74, 6) is 0.167. The summed E-state index contributed by atoms with van der Waals surface area (Å²) < 4.78 is 14.8. The van der Waals surface area contributed by atoms with Gasteiger partial charge in [-0.05, 0) is 68.1 Å². The summed E-state index contributed by atoms with van der Waals surface area (Å²) in [4.78, 5) is 27.1. The highest BCUT2D eigenvalue weighted by atomic mass is 19.1. The second-order valence-electron chi connectivity index (χ2n) is 7.99. The predicted molar refractivity (Wildman–Crippen MR) is 119 cm³/mol. The number of halogens is 1. The lowest BCUT2D eigenvalue weighted by molar-refractivity contribution is -0.120. The van der Waals surface area contributed by atoms with Crippen LogP contribution in [0.2, 0.25) is 0 Å². The van der Waals surface area contributed by atoms with Gasteiger partial charge in [0, 0.05) is 30.8 Å². The molecular formula is C24H25FN4O2. The minimum atomic E-state index is -0.424. The molecule has 31 heavy (non-hydrogen) atoms. The van der Waals surface area contributed by atoms with Gasteiger partial charge in [-0.25, -0.2) is 4.39 Å². The molecule has 1 aliphatic heterocycles. The van der Waals surface area contributed by atoms with Crippen LogP contribution >= 0.6 is 0 Å². The Hall–Kier alpha value is -3.48. The molecule has 160 valence electrons. The fourth-order valence-corrected chi connectivity index (χ4v) is 3.84. The number of aryl methyl sites for hydroxylation is 2. The smallest absolute Gasteiger partial charge is 0.271 e. The SMILES string of the molecule is Cc1ccc(C)c(NC(=O)C2CCN(c3ccc(=O)n(-c4cccc(F)c4)n3)CC2)c1. The van der Waals surface area contributed by atoms with Crippen LogP contribution in [0.1, 0.15) is 24.0 Å². The Bertz CT molecular complexity index is 1170. The van der Waals surface area contributed by atoms with Gasteiger partial charge in [0.05, 0.1) is 5.69 Å². The van der Waals surface area contributed by atoms with E-state index in [0.29, 0.717) is 37.4 Å². The van der Waals surface area contributed by atoms with Crippen molar-refractivity contribution in [2.24, 2.45) is 5.92 Å². The van der Waals surface area contributed by atoms with E-state index in [0.717, 1.165) is 16.8 Å². The number of carbonyl (C=O) groups is 1. The number of rotatable bonds is 4. The van der Waals surface area contributed by atoms with E-state index in [2.05, 4.69) is 15.3 Å². The molecular weight excluding hydrogens is 395 g/mol. The first-order valence-corrected chi connectivity index (χ1v) is 10.4. The van der Waals surface area contributed by atoms with Crippen LogP contribution in [-0.2, 0) is 4.79 Å². The van der Waals surface area contributed by atoms with Gasteiger partial charge in [0.15, 0.2) is 0 Å². The average molecular weight is 420 g/mol. The van der Waals surface area contributed by atoms with Crippen molar-refractivity contribution >= 4 is 17.4 Å². The molecule has 3 aromatic rings. The van der Waals surface area contributed by atoms with Crippen molar-refractivity contribution in [2.45, 2.75) is 26.7 Å². The highest BCUT2D eigenvalue weighted by Gasteiger charge is 2.26. The molecule has 1 aromatic heterocycles. The van der Waals surface area contributed by atoms with Crippen molar-refractivity contribution in [3.05, 3.63) is 81.9 Å². The number of hydrogen-bond donors (Lipinski definition) is 1. The first kappa shape index (κ1) is 20.8. The van der Waals surface area contributed by atoms with Gasteiger partial charge < -0.3 is 10.2 Å². The topological polar surface area (TPSA) is 67.2 Å². The second kappa shape index (κ2) is 8.71. The fourth-order valence-electron chi connectivity index (χ4n) is 3.84. The third-order valence-electron chi connectivity index (χ3n) is 5.68. The van der Waals surface area contributed by atoms with E-state index in [9.17, 15) is 14.0 Å². The zero-order valence-corrected chi connectivity index (χ0v) is 17.6. The van der Waals surface area contributed by atoms with Crippen LogP contribution < -0.4 is 15.8 Å². The fraction of sp³-hybridized carbons (Fsp3) is 0.292. The summed E-state index contributed by atoms with van der Waals surface area (Å²) in [5.41, 5.74) is 3.07. The van der Waals surface area contributed by atoms with Crippen molar-refractivity contribution in [3.8, 4) is 5.69 Å². The van der Waals surface area contributed by atoms with Crippen molar-refractivity contribution in [1.82, 2.24) is 9.78 Å². The highest BCUT2D eigenvalue weighted by molar-refractivity contribution is 5.93. The molecule has 1 aliphatic rings. The number of nitrogens with one attached hydrogen (secondary N) is 1. The van der Waals surface area contributed by atoms with Gasteiger partial charge in [-0.3, -0.25) is 9.59 Å². The molecule has 0 bridgehead atoms. The number of hydrogen-bond acceptors (Lipinski definition) is 4. The van der Waals surface area contributed by atoms with Crippen LogP contribution in [-0.4, -0.2) is 28.8 Å². The second-order valence-corrected chi connectivity index (χ2v) is 7.99. The Balaban J connectivity index is 1.44. The molecule has 4 rings (SSSR count). The van der Waals surface area contributed by atoms with Gasteiger partial charge in [0.2, 0.25) is 5.91 Å². The number of benzene rings is 2. The lowest BCUT2D eigenvalue weighted by atomic mass is 9.95. The first-order chi connectivity index (χ1) is 14.9. The van der Waals surface area contributed by atoms with E-state index < -0.39 is 5.82 Å². The third kappa shape index (κ3) is 4.66. The maximum Gasteiger partial charge on any atom is 0.271 e. The summed E-state index contributed by atoms with van der Waals surface area (Å²) in [6.45, 7) is 5.29. The molecule has 0 spiro atoms. The number of amides is 1. The zero-order valence-electron chi connectivity index (χ0n) is 17.6. The Kier molecular flexibility index (Phi) is 5.84. The molecule has 6 nitrogen and oxygen atoms in total. The third-order valence-corrected chi connectivity index (χ3v) is 5.68.